The second kappa shape index (κ2) is 3.01. The lowest BCUT2D eigenvalue weighted by molar-refractivity contribution is -0.127. The van der Waals surface area contributed by atoms with Crippen molar-refractivity contribution in [3.63, 3.8) is 0 Å². The van der Waals surface area contributed by atoms with Crippen LogP contribution in [0.5, 0.6) is 0 Å². The molecule has 1 atom stereocenters. The van der Waals surface area contributed by atoms with Gasteiger partial charge in [0.25, 0.3) is 0 Å². The van der Waals surface area contributed by atoms with Crippen molar-refractivity contribution >= 4 is 5.91 Å². The Hall–Kier alpha value is -0.570. The third-order valence-corrected chi connectivity index (χ3v) is 2.07. The zero-order valence-electron chi connectivity index (χ0n) is 6.55. The van der Waals surface area contributed by atoms with E-state index >= 15 is 0 Å². The topological polar surface area (TPSA) is 32.3 Å². The number of nitrogens with zero attached hydrogens (tertiary/aromatic N) is 1. The van der Waals surface area contributed by atoms with Crippen molar-refractivity contribution in [2.75, 3.05) is 20.6 Å². The van der Waals surface area contributed by atoms with Crippen molar-refractivity contribution in [2.24, 2.45) is 0 Å². The lowest BCUT2D eigenvalue weighted by Gasteiger charge is -2.18. The molecule has 1 N–H and O–H groups in total. The third kappa shape index (κ3) is 1.29. The van der Waals surface area contributed by atoms with Gasteiger partial charge in [-0.2, -0.15) is 0 Å². The molecule has 0 unspecified atom stereocenters. The van der Waals surface area contributed by atoms with Crippen LogP contribution in [0.2, 0.25) is 0 Å². The highest BCUT2D eigenvalue weighted by molar-refractivity contribution is 5.78. The Kier molecular flexibility index (Phi) is 2.27. The van der Waals surface area contributed by atoms with Gasteiger partial charge in [0.2, 0.25) is 5.91 Å². The molecule has 1 aliphatic rings. The second-order valence-corrected chi connectivity index (χ2v) is 2.75. The van der Waals surface area contributed by atoms with Crippen molar-refractivity contribution in [1.82, 2.24) is 10.2 Å². The minimum Gasteiger partial charge on any atom is -0.341 e. The fraction of sp³-hybridized carbons (Fsp3) is 0.857. The van der Waals surface area contributed by atoms with E-state index in [1.807, 2.05) is 19.0 Å². The first kappa shape index (κ1) is 7.54. The second-order valence-electron chi connectivity index (χ2n) is 2.75. The minimum atomic E-state index is 0.278. The molecule has 1 aliphatic heterocycles. The van der Waals surface area contributed by atoms with Gasteiger partial charge in [0.05, 0.1) is 0 Å². The van der Waals surface area contributed by atoms with Gasteiger partial charge in [0.15, 0.2) is 0 Å². The number of carbonyl (C=O) groups is 1. The predicted octanol–water partition coefficient (Wildman–Crippen LogP) is -0.173. The first-order valence-electron chi connectivity index (χ1n) is 3.66. The normalized spacial score (nSPS) is 26.0. The summed E-state index contributed by atoms with van der Waals surface area (Å²) >= 11 is 0. The number of nitrogens with one attached hydrogen (secondary N) is 1. The molecule has 0 radical (unpaired) electrons. The molecule has 1 amide bonds. The van der Waals surface area contributed by atoms with Crippen LogP contribution < -0.4 is 5.32 Å². The molecule has 1 saturated heterocycles. The highest BCUT2D eigenvalue weighted by Gasteiger charge is 2.26. The van der Waals surface area contributed by atoms with Crippen molar-refractivity contribution in [3.05, 3.63) is 0 Å². The molecule has 0 aliphatic carbocycles. The highest BCUT2D eigenvalue weighted by Crippen LogP contribution is 2.14. The van der Waals surface area contributed by atoms with Gasteiger partial charge in [-0.15, -0.1) is 0 Å². The first-order chi connectivity index (χ1) is 4.75. The van der Waals surface area contributed by atoms with Crippen LogP contribution in [0.3, 0.4) is 0 Å². The number of hydrogen-bond acceptors (Lipinski definition) is 2. The van der Waals surface area contributed by atoms with Crippen LogP contribution in [0.25, 0.3) is 0 Å². The fourth-order valence-corrected chi connectivity index (χ4v) is 1.34. The minimum absolute atomic E-state index is 0.278. The van der Waals surface area contributed by atoms with E-state index in [4.69, 9.17) is 0 Å². The summed E-state index contributed by atoms with van der Waals surface area (Å²) in [5.41, 5.74) is 0. The van der Waals surface area contributed by atoms with Crippen LogP contribution in [-0.4, -0.2) is 37.5 Å². The Morgan fingerprint density at radius 2 is 2.50 bits per heavy atom. The number of amides is 1. The van der Waals surface area contributed by atoms with E-state index < -0.39 is 0 Å². The van der Waals surface area contributed by atoms with E-state index in [1.165, 1.54) is 0 Å². The molecular formula is C7H14N2O. The van der Waals surface area contributed by atoms with Gasteiger partial charge in [-0.3, -0.25) is 4.79 Å². The summed E-state index contributed by atoms with van der Waals surface area (Å²) in [7, 11) is 3.79. The lowest BCUT2D eigenvalue weighted by Crippen LogP contribution is -2.35. The summed E-state index contributed by atoms with van der Waals surface area (Å²) in [4.78, 5) is 12.8. The SMILES string of the molecule is CNC[C@H]1CCC(=O)N1C. The monoisotopic (exact) mass is 142 g/mol. The maximum absolute atomic E-state index is 11.0. The van der Waals surface area contributed by atoms with Crippen LogP contribution in [0.15, 0.2) is 0 Å². The van der Waals surface area contributed by atoms with E-state index in [0.29, 0.717) is 6.04 Å². The molecule has 1 heterocycles. The van der Waals surface area contributed by atoms with E-state index in [0.717, 1.165) is 19.4 Å². The molecule has 10 heavy (non-hydrogen) atoms. The van der Waals surface area contributed by atoms with Crippen molar-refractivity contribution in [3.8, 4) is 0 Å². The summed E-state index contributed by atoms with van der Waals surface area (Å²) in [6, 6.07) is 0.428. The van der Waals surface area contributed by atoms with Crippen LogP contribution >= 0.6 is 0 Å². The molecular weight excluding hydrogens is 128 g/mol. The number of carbonyl (C=O) groups excluding carboxylic acids is 1. The molecule has 1 rings (SSSR count). The van der Waals surface area contributed by atoms with Gasteiger partial charge in [0.1, 0.15) is 0 Å². The zero-order chi connectivity index (χ0) is 7.56. The summed E-state index contributed by atoms with van der Waals surface area (Å²) in [6.07, 6.45) is 1.74. The lowest BCUT2D eigenvalue weighted by atomic mass is 10.2. The maximum atomic E-state index is 11.0. The smallest absolute Gasteiger partial charge is 0.222 e. The Balaban J connectivity index is 2.41. The molecule has 0 bridgehead atoms. The van der Waals surface area contributed by atoms with E-state index in [1.54, 1.807) is 0 Å². The van der Waals surface area contributed by atoms with Gasteiger partial charge in [-0.1, -0.05) is 0 Å². The van der Waals surface area contributed by atoms with Gasteiger partial charge in [0, 0.05) is 26.1 Å². The molecule has 0 aromatic carbocycles. The van der Waals surface area contributed by atoms with Crippen LogP contribution in [0.4, 0.5) is 0 Å². The molecule has 0 aromatic heterocycles. The maximum Gasteiger partial charge on any atom is 0.222 e. The first-order valence-corrected chi connectivity index (χ1v) is 3.66. The summed E-state index contributed by atoms with van der Waals surface area (Å²) in [5, 5.41) is 3.07. The summed E-state index contributed by atoms with van der Waals surface area (Å²) < 4.78 is 0. The van der Waals surface area contributed by atoms with Gasteiger partial charge in [-0.25, -0.2) is 0 Å². The Morgan fingerprint density at radius 3 is 2.90 bits per heavy atom. The van der Waals surface area contributed by atoms with Gasteiger partial charge in [-0.05, 0) is 13.5 Å². The third-order valence-electron chi connectivity index (χ3n) is 2.07. The Labute approximate surface area is 61.4 Å². The van der Waals surface area contributed by atoms with E-state index in [9.17, 15) is 4.79 Å². The molecule has 58 valence electrons. The average Bonchev–Trinajstić information content (AvgIpc) is 2.20. The van der Waals surface area contributed by atoms with Gasteiger partial charge >= 0.3 is 0 Å². The summed E-state index contributed by atoms with van der Waals surface area (Å²) in [5.74, 6) is 0.278. The van der Waals surface area contributed by atoms with Crippen molar-refractivity contribution < 1.29 is 4.79 Å². The summed E-state index contributed by atoms with van der Waals surface area (Å²) in [6.45, 7) is 0.919. The number of rotatable bonds is 2. The molecule has 3 nitrogen and oxygen atoms in total. The van der Waals surface area contributed by atoms with Crippen LogP contribution in [0, 0.1) is 0 Å². The fourth-order valence-electron chi connectivity index (χ4n) is 1.34. The van der Waals surface area contributed by atoms with Crippen LogP contribution in [0.1, 0.15) is 12.8 Å². The average molecular weight is 142 g/mol. The molecule has 1 fully saturated rings. The largest absolute Gasteiger partial charge is 0.341 e. The molecule has 0 aromatic rings. The number of likely N-dealkylation sites (tertiary alicyclic amines) is 1. The zero-order valence-corrected chi connectivity index (χ0v) is 6.55. The Morgan fingerprint density at radius 1 is 1.80 bits per heavy atom. The number of likely N-dealkylation sites (N-methyl/N-ethyl adjacent to an activating group) is 2. The van der Waals surface area contributed by atoms with E-state index in [-0.39, 0.29) is 5.91 Å². The van der Waals surface area contributed by atoms with Gasteiger partial charge < -0.3 is 10.2 Å². The standard InChI is InChI=1S/C7H14N2O/c1-8-5-6-3-4-7(10)9(6)2/h6,8H,3-5H2,1-2H3/t6-/m1/s1. The van der Waals surface area contributed by atoms with E-state index in [2.05, 4.69) is 5.32 Å². The number of hydrogen-bond donors (Lipinski definition) is 1. The molecule has 0 spiro atoms. The predicted molar refractivity (Wildman–Crippen MR) is 39.7 cm³/mol. The van der Waals surface area contributed by atoms with Crippen molar-refractivity contribution in [2.45, 2.75) is 18.9 Å². The highest BCUT2D eigenvalue weighted by atomic mass is 16.2. The molecule has 0 saturated carbocycles. The van der Waals surface area contributed by atoms with Crippen LogP contribution in [-0.2, 0) is 4.79 Å². The molecule has 3 heteroatoms. The Bertz CT molecular complexity index is 136. The van der Waals surface area contributed by atoms with Crippen molar-refractivity contribution in [1.29, 1.82) is 0 Å². The quantitative estimate of drug-likeness (QED) is 0.580.